The minimum absolute atomic E-state index is 0.0346. The van der Waals surface area contributed by atoms with Crippen molar-refractivity contribution >= 4 is 40.9 Å². The average Bonchev–Trinajstić information content (AvgIpc) is 3.39. The van der Waals surface area contributed by atoms with Gasteiger partial charge in [0, 0.05) is 6.04 Å². The molecule has 234 valence electrons. The van der Waals surface area contributed by atoms with Gasteiger partial charge < -0.3 is 10.0 Å². The van der Waals surface area contributed by atoms with Crippen LogP contribution in [-0.4, -0.2) is 50.0 Å². The number of aromatic nitrogens is 2. The fourth-order valence-corrected chi connectivity index (χ4v) is 7.87. The maximum Gasteiger partial charge on any atom is 0.433 e. The average molecular weight is 647 g/mol. The third-order valence-corrected chi connectivity index (χ3v) is 10.6. The number of ketones is 1. The second kappa shape index (κ2) is 11.1. The zero-order valence-corrected chi connectivity index (χ0v) is 25.4. The van der Waals surface area contributed by atoms with Gasteiger partial charge in [-0.1, -0.05) is 37.0 Å². The number of halogens is 6. The molecule has 13 heteroatoms. The number of rotatable bonds is 7. The topological polar surface area (TPSA) is 92.5 Å². The second-order valence-corrected chi connectivity index (χ2v) is 13.9. The fourth-order valence-electron chi connectivity index (χ4n) is 7.20. The summed E-state index contributed by atoms with van der Waals surface area (Å²) in [5.74, 6) is -3.42. The Labute approximate surface area is 256 Å². The van der Waals surface area contributed by atoms with Crippen molar-refractivity contribution in [3.05, 3.63) is 51.0 Å². The van der Waals surface area contributed by atoms with E-state index in [1.54, 1.807) is 0 Å². The molecule has 1 N–H and O–H groups in total. The van der Waals surface area contributed by atoms with E-state index in [-0.39, 0.29) is 59.5 Å². The fraction of sp³-hybridized carbons (Fsp3) is 0.600. The van der Waals surface area contributed by atoms with E-state index in [0.717, 1.165) is 27.9 Å². The summed E-state index contributed by atoms with van der Waals surface area (Å²) in [4.78, 5) is 40.6. The molecule has 4 saturated carbocycles. The van der Waals surface area contributed by atoms with Crippen LogP contribution in [0.2, 0.25) is 10.0 Å². The molecule has 4 fully saturated rings. The molecular weight excluding hydrogens is 613 g/mol. The molecule has 7 nitrogen and oxygen atoms in total. The lowest BCUT2D eigenvalue weighted by molar-refractivity contribution is -0.163. The first-order valence-electron chi connectivity index (χ1n) is 14.4. The molecule has 1 aromatic carbocycles. The highest BCUT2D eigenvalue weighted by atomic mass is 35.5. The summed E-state index contributed by atoms with van der Waals surface area (Å²) in [5.41, 5.74) is -4.13. The number of hydrogen-bond donors (Lipinski definition) is 1. The van der Waals surface area contributed by atoms with E-state index in [1.807, 2.05) is 0 Å². The van der Waals surface area contributed by atoms with Gasteiger partial charge in [-0.3, -0.25) is 19.1 Å². The number of carbonyl (C=O) groups is 3. The van der Waals surface area contributed by atoms with E-state index in [4.69, 9.17) is 23.2 Å². The van der Waals surface area contributed by atoms with E-state index < -0.39 is 64.5 Å². The molecule has 4 aliphatic rings. The van der Waals surface area contributed by atoms with Gasteiger partial charge in [-0.25, -0.2) is 4.39 Å². The van der Waals surface area contributed by atoms with Gasteiger partial charge in [0.2, 0.25) is 0 Å². The van der Waals surface area contributed by atoms with Crippen LogP contribution in [0.25, 0.3) is 0 Å². The monoisotopic (exact) mass is 645 g/mol. The smallest absolute Gasteiger partial charge is 0.433 e. The summed E-state index contributed by atoms with van der Waals surface area (Å²) in [6.45, 7) is 3.53. The molecule has 0 unspecified atom stereocenters. The number of fused-ring (bicyclic) bond motifs is 3. The van der Waals surface area contributed by atoms with E-state index in [2.05, 4.69) is 18.9 Å². The third-order valence-electron chi connectivity index (χ3n) is 9.99. The van der Waals surface area contributed by atoms with Gasteiger partial charge in [-0.05, 0) is 81.8 Å². The van der Waals surface area contributed by atoms with Gasteiger partial charge in [0.05, 0.1) is 44.9 Å². The molecule has 0 radical (unpaired) electrons. The maximum atomic E-state index is 14.8. The Morgan fingerprint density at radius 2 is 1.53 bits per heavy atom. The zero-order valence-electron chi connectivity index (χ0n) is 23.9. The Morgan fingerprint density at radius 3 is 2.02 bits per heavy atom. The molecule has 0 spiro atoms. The Hall–Kier alpha value is -2.66. The number of aliphatic carboxylic acids is 1. The van der Waals surface area contributed by atoms with Crippen molar-refractivity contribution in [2.75, 3.05) is 6.54 Å². The van der Waals surface area contributed by atoms with Gasteiger partial charge in [0.15, 0.2) is 11.5 Å². The van der Waals surface area contributed by atoms with Gasteiger partial charge in [0.1, 0.15) is 5.82 Å². The zero-order chi connectivity index (χ0) is 31.5. The first-order valence-corrected chi connectivity index (χ1v) is 15.1. The standard InChI is InChI=1S/C30H33Cl2F4N3O4/c1-27(2)5-3-18(4-6-27)38(16-22(40)23-20(31)13-17(33)14-21(23)32)25(41)19-15-37-39(24(19)30(34,35)36)29-10-7-28(8-11-29,9-12-29)26(42)43/h13-15,18H,3-12,16H2,1-2H3,(H,42,43). The van der Waals surface area contributed by atoms with Crippen LogP contribution in [0.4, 0.5) is 17.6 Å². The minimum Gasteiger partial charge on any atom is -0.481 e. The van der Waals surface area contributed by atoms with Crippen LogP contribution in [-0.2, 0) is 16.5 Å². The van der Waals surface area contributed by atoms with E-state index >= 15 is 0 Å². The van der Waals surface area contributed by atoms with Gasteiger partial charge in [-0.2, -0.15) is 18.3 Å². The Balaban J connectivity index is 1.53. The predicted octanol–water partition coefficient (Wildman–Crippen LogP) is 7.78. The van der Waals surface area contributed by atoms with Crippen molar-refractivity contribution in [1.29, 1.82) is 0 Å². The minimum atomic E-state index is -4.96. The number of carbonyl (C=O) groups excluding carboxylic acids is 2. The third kappa shape index (κ3) is 5.79. The number of hydrogen-bond acceptors (Lipinski definition) is 4. The van der Waals surface area contributed by atoms with Crippen LogP contribution >= 0.6 is 23.2 Å². The molecule has 0 atom stereocenters. The summed E-state index contributed by atoms with van der Waals surface area (Å²) in [6.07, 6.45) is -0.487. The van der Waals surface area contributed by atoms with Crippen molar-refractivity contribution in [2.45, 2.75) is 95.8 Å². The Bertz CT molecular complexity index is 1410. The highest BCUT2D eigenvalue weighted by molar-refractivity contribution is 6.40. The normalized spacial score (nSPS) is 25.5. The van der Waals surface area contributed by atoms with Crippen LogP contribution in [0.3, 0.4) is 0 Å². The number of alkyl halides is 3. The summed E-state index contributed by atoms with van der Waals surface area (Å²) >= 11 is 12.2. The summed E-state index contributed by atoms with van der Waals surface area (Å²) < 4.78 is 59.1. The largest absolute Gasteiger partial charge is 0.481 e. The highest BCUT2D eigenvalue weighted by Gasteiger charge is 2.56. The molecule has 1 aromatic heterocycles. The van der Waals surface area contributed by atoms with Crippen molar-refractivity contribution in [2.24, 2.45) is 10.8 Å². The first kappa shape index (κ1) is 31.8. The van der Waals surface area contributed by atoms with Crippen LogP contribution in [0.15, 0.2) is 18.3 Å². The molecule has 1 heterocycles. The Morgan fingerprint density at radius 1 is 1.00 bits per heavy atom. The SMILES string of the molecule is CC1(C)CCC(N(CC(=O)c2c(Cl)cc(F)cc2Cl)C(=O)c2cnn(C34CCC(C(=O)O)(CC3)CC4)c2C(F)(F)F)CC1. The van der Waals surface area contributed by atoms with E-state index in [0.29, 0.717) is 25.7 Å². The highest BCUT2D eigenvalue weighted by Crippen LogP contribution is 2.57. The number of amides is 1. The molecule has 1 amide bonds. The van der Waals surface area contributed by atoms with Crippen LogP contribution in [0, 0.1) is 16.6 Å². The predicted molar refractivity (Wildman–Crippen MR) is 151 cm³/mol. The molecule has 2 aromatic rings. The molecule has 43 heavy (non-hydrogen) atoms. The molecule has 6 rings (SSSR count). The van der Waals surface area contributed by atoms with Crippen LogP contribution < -0.4 is 0 Å². The van der Waals surface area contributed by atoms with Gasteiger partial charge in [-0.15, -0.1) is 0 Å². The lowest BCUT2D eigenvalue weighted by Crippen LogP contribution is -2.52. The van der Waals surface area contributed by atoms with Crippen molar-refractivity contribution in [3.8, 4) is 0 Å². The Kier molecular flexibility index (Phi) is 8.16. The quantitative estimate of drug-likeness (QED) is 0.245. The maximum absolute atomic E-state index is 14.8. The molecule has 0 aliphatic heterocycles. The van der Waals surface area contributed by atoms with Crippen molar-refractivity contribution in [1.82, 2.24) is 14.7 Å². The van der Waals surface area contributed by atoms with Crippen molar-refractivity contribution < 1.29 is 37.1 Å². The van der Waals surface area contributed by atoms with Crippen LogP contribution in [0.1, 0.15) is 104 Å². The van der Waals surface area contributed by atoms with Gasteiger partial charge in [0.25, 0.3) is 5.91 Å². The molecule has 0 saturated heterocycles. The van der Waals surface area contributed by atoms with Crippen LogP contribution in [0.5, 0.6) is 0 Å². The summed E-state index contributed by atoms with van der Waals surface area (Å²) in [5, 5.41) is 13.3. The van der Waals surface area contributed by atoms with E-state index in [9.17, 15) is 37.1 Å². The molecular formula is C30H33Cl2F4N3O4. The number of carboxylic acids is 1. The number of benzene rings is 1. The number of carboxylic acid groups (broad SMARTS) is 1. The second-order valence-electron chi connectivity index (χ2n) is 13.1. The number of nitrogens with zero attached hydrogens (tertiary/aromatic N) is 3. The lowest BCUT2D eigenvalue weighted by atomic mass is 9.57. The lowest BCUT2D eigenvalue weighted by Gasteiger charge is -2.51. The molecule has 2 bridgehead atoms. The van der Waals surface area contributed by atoms with Gasteiger partial charge >= 0.3 is 12.1 Å². The number of Topliss-reactive ketones (excluding diaryl/α,β-unsaturated/α-hetero) is 1. The first-order chi connectivity index (χ1) is 20.0. The van der Waals surface area contributed by atoms with Crippen molar-refractivity contribution in [3.63, 3.8) is 0 Å². The van der Waals surface area contributed by atoms with E-state index in [1.165, 1.54) is 0 Å². The summed E-state index contributed by atoms with van der Waals surface area (Å²) in [6, 6.07) is 1.29. The molecule has 4 aliphatic carbocycles. The summed E-state index contributed by atoms with van der Waals surface area (Å²) in [7, 11) is 0.